The zero-order chi connectivity index (χ0) is 14.8. The monoisotopic (exact) mass is 301 g/mol. The molecule has 2 N–H and O–H groups in total. The maximum Gasteiger partial charge on any atom is 0.338 e. The first-order chi connectivity index (χ1) is 10.1. The van der Waals surface area contributed by atoms with Crippen molar-refractivity contribution in [3.8, 4) is 0 Å². The van der Waals surface area contributed by atoms with E-state index in [0.29, 0.717) is 21.9 Å². The SMILES string of the molecule is Nc1ccc(C(=O)OCc2cc(=O)n3ccsc3n2)cc1. The highest BCUT2D eigenvalue weighted by Crippen LogP contribution is 2.10. The van der Waals surface area contributed by atoms with E-state index in [1.807, 2.05) is 0 Å². The number of esters is 1. The number of benzene rings is 1. The molecule has 1 aromatic carbocycles. The van der Waals surface area contributed by atoms with Crippen LogP contribution in [0.1, 0.15) is 16.1 Å². The van der Waals surface area contributed by atoms with Gasteiger partial charge in [-0.05, 0) is 24.3 Å². The van der Waals surface area contributed by atoms with Crippen molar-refractivity contribution in [3.63, 3.8) is 0 Å². The lowest BCUT2D eigenvalue weighted by atomic mass is 10.2. The fourth-order valence-corrected chi connectivity index (χ4v) is 2.54. The summed E-state index contributed by atoms with van der Waals surface area (Å²) in [5.74, 6) is -0.483. The Hall–Kier alpha value is -2.67. The van der Waals surface area contributed by atoms with Gasteiger partial charge in [-0.2, -0.15) is 0 Å². The van der Waals surface area contributed by atoms with E-state index in [1.165, 1.54) is 21.8 Å². The molecule has 0 saturated heterocycles. The number of hydrogen-bond acceptors (Lipinski definition) is 6. The lowest BCUT2D eigenvalue weighted by molar-refractivity contribution is 0.0468. The zero-order valence-electron chi connectivity index (χ0n) is 10.9. The smallest absolute Gasteiger partial charge is 0.338 e. The summed E-state index contributed by atoms with van der Waals surface area (Å²) in [6, 6.07) is 7.78. The molecule has 0 aliphatic heterocycles. The third-order valence-corrected chi connectivity index (χ3v) is 3.61. The van der Waals surface area contributed by atoms with Gasteiger partial charge in [0.25, 0.3) is 5.56 Å². The van der Waals surface area contributed by atoms with Gasteiger partial charge in [0.05, 0.1) is 11.3 Å². The molecular weight excluding hydrogens is 290 g/mol. The number of hydrogen-bond donors (Lipinski definition) is 1. The first kappa shape index (κ1) is 13.3. The van der Waals surface area contributed by atoms with E-state index >= 15 is 0 Å². The molecule has 6 nitrogen and oxygen atoms in total. The molecule has 0 bridgehead atoms. The van der Waals surface area contributed by atoms with Gasteiger partial charge in [0, 0.05) is 23.3 Å². The maximum atomic E-state index is 11.9. The van der Waals surface area contributed by atoms with Crippen LogP contribution >= 0.6 is 11.3 Å². The molecule has 0 saturated carbocycles. The van der Waals surface area contributed by atoms with E-state index < -0.39 is 5.97 Å². The summed E-state index contributed by atoms with van der Waals surface area (Å²) in [4.78, 5) is 28.5. The fraction of sp³-hybridized carbons (Fsp3) is 0.0714. The number of carbonyl (C=O) groups excluding carboxylic acids is 1. The molecule has 2 heterocycles. The number of ether oxygens (including phenoxy) is 1. The van der Waals surface area contributed by atoms with Crippen LogP contribution in [0.3, 0.4) is 0 Å². The first-order valence-electron chi connectivity index (χ1n) is 6.12. The highest BCUT2D eigenvalue weighted by atomic mass is 32.1. The molecular formula is C14H11N3O3S. The van der Waals surface area contributed by atoms with Crippen LogP contribution in [-0.2, 0) is 11.3 Å². The number of fused-ring (bicyclic) bond motifs is 1. The molecule has 0 aliphatic rings. The van der Waals surface area contributed by atoms with Gasteiger partial charge >= 0.3 is 5.97 Å². The normalized spacial score (nSPS) is 10.7. The van der Waals surface area contributed by atoms with Gasteiger partial charge in [-0.15, -0.1) is 11.3 Å². The predicted molar refractivity (Wildman–Crippen MR) is 79.3 cm³/mol. The summed E-state index contributed by atoms with van der Waals surface area (Å²) in [6.45, 7) is -0.0488. The molecule has 0 radical (unpaired) electrons. The number of thiazole rings is 1. The van der Waals surface area contributed by atoms with E-state index in [0.717, 1.165) is 0 Å². The number of nitrogen functional groups attached to an aromatic ring is 1. The Kier molecular flexibility index (Phi) is 3.41. The minimum Gasteiger partial charge on any atom is -0.456 e. The van der Waals surface area contributed by atoms with Gasteiger partial charge in [0.2, 0.25) is 0 Å². The van der Waals surface area contributed by atoms with E-state index in [4.69, 9.17) is 10.5 Å². The quantitative estimate of drug-likeness (QED) is 0.587. The van der Waals surface area contributed by atoms with Crippen LogP contribution in [0.5, 0.6) is 0 Å². The lowest BCUT2D eigenvalue weighted by Gasteiger charge is -2.04. The van der Waals surface area contributed by atoms with Crippen LogP contribution in [-0.4, -0.2) is 15.4 Å². The summed E-state index contributed by atoms with van der Waals surface area (Å²) in [5.41, 5.74) is 6.76. The number of nitrogens with two attached hydrogens (primary N) is 1. The molecule has 0 aliphatic carbocycles. The maximum absolute atomic E-state index is 11.9. The highest BCUT2D eigenvalue weighted by molar-refractivity contribution is 7.15. The zero-order valence-corrected chi connectivity index (χ0v) is 11.7. The average molecular weight is 301 g/mol. The molecule has 21 heavy (non-hydrogen) atoms. The van der Waals surface area contributed by atoms with Crippen LogP contribution in [0, 0.1) is 0 Å². The van der Waals surface area contributed by atoms with Crippen molar-refractivity contribution >= 4 is 28.0 Å². The van der Waals surface area contributed by atoms with Crippen LogP contribution in [0.25, 0.3) is 4.96 Å². The summed E-state index contributed by atoms with van der Waals surface area (Å²) >= 11 is 1.35. The second-order valence-corrected chi connectivity index (χ2v) is 5.21. The van der Waals surface area contributed by atoms with Gasteiger partial charge in [-0.25, -0.2) is 9.78 Å². The van der Waals surface area contributed by atoms with Crippen LogP contribution in [0.15, 0.2) is 46.7 Å². The Morgan fingerprint density at radius 3 is 2.86 bits per heavy atom. The first-order valence-corrected chi connectivity index (χ1v) is 7.00. The van der Waals surface area contributed by atoms with Crippen molar-refractivity contribution in [2.75, 3.05) is 5.73 Å². The number of carbonyl (C=O) groups is 1. The summed E-state index contributed by atoms with van der Waals surface area (Å²) < 4.78 is 6.59. The number of aromatic nitrogens is 2. The largest absolute Gasteiger partial charge is 0.456 e. The lowest BCUT2D eigenvalue weighted by Crippen LogP contribution is -2.14. The molecule has 0 spiro atoms. The standard InChI is InChI=1S/C14H11N3O3S/c15-10-3-1-9(2-4-10)13(19)20-8-11-7-12(18)17-5-6-21-14(17)16-11/h1-7H,8,15H2. The average Bonchev–Trinajstić information content (AvgIpc) is 2.94. The highest BCUT2D eigenvalue weighted by Gasteiger charge is 2.09. The molecule has 3 aromatic rings. The fourth-order valence-electron chi connectivity index (χ4n) is 1.80. The minimum atomic E-state index is -0.483. The van der Waals surface area contributed by atoms with Crippen LogP contribution < -0.4 is 11.3 Å². The molecule has 7 heteroatoms. The second kappa shape index (κ2) is 5.37. The molecule has 3 rings (SSSR count). The van der Waals surface area contributed by atoms with Gasteiger partial charge in [-0.1, -0.05) is 0 Å². The molecule has 106 valence electrons. The van der Waals surface area contributed by atoms with Crippen molar-refractivity contribution in [1.82, 2.24) is 9.38 Å². The van der Waals surface area contributed by atoms with Crippen LogP contribution in [0.4, 0.5) is 5.69 Å². The third-order valence-electron chi connectivity index (χ3n) is 2.85. The van der Waals surface area contributed by atoms with Crippen molar-refractivity contribution in [2.24, 2.45) is 0 Å². The number of rotatable bonds is 3. The van der Waals surface area contributed by atoms with Crippen molar-refractivity contribution in [2.45, 2.75) is 6.61 Å². The summed E-state index contributed by atoms with van der Waals surface area (Å²) in [7, 11) is 0. The van der Waals surface area contributed by atoms with E-state index in [9.17, 15) is 9.59 Å². The molecule has 0 amide bonds. The molecule has 0 atom stereocenters. The Bertz CT molecular complexity index is 852. The minimum absolute atomic E-state index is 0.0488. The number of anilines is 1. The Labute approximate surface area is 123 Å². The second-order valence-electron chi connectivity index (χ2n) is 4.34. The molecule has 0 fully saturated rings. The summed E-state index contributed by atoms with van der Waals surface area (Å²) in [5, 5.41) is 1.77. The van der Waals surface area contributed by atoms with Crippen molar-refractivity contribution in [3.05, 3.63) is 63.5 Å². The van der Waals surface area contributed by atoms with Crippen LogP contribution in [0.2, 0.25) is 0 Å². The number of nitrogens with zero attached hydrogens (tertiary/aromatic N) is 2. The van der Waals surface area contributed by atoms with E-state index in [2.05, 4.69) is 4.98 Å². The van der Waals surface area contributed by atoms with Gasteiger partial charge in [0.1, 0.15) is 6.61 Å². The van der Waals surface area contributed by atoms with Gasteiger partial charge in [-0.3, -0.25) is 9.20 Å². The molecule has 2 aromatic heterocycles. The van der Waals surface area contributed by atoms with Gasteiger partial charge in [0.15, 0.2) is 4.96 Å². The Morgan fingerprint density at radius 2 is 2.10 bits per heavy atom. The summed E-state index contributed by atoms with van der Waals surface area (Å²) in [6.07, 6.45) is 1.65. The van der Waals surface area contributed by atoms with Crippen molar-refractivity contribution < 1.29 is 9.53 Å². The van der Waals surface area contributed by atoms with Gasteiger partial charge < -0.3 is 10.5 Å². The third kappa shape index (κ3) is 2.77. The predicted octanol–water partition coefficient (Wildman–Crippen LogP) is 1.70. The van der Waals surface area contributed by atoms with E-state index in [1.54, 1.807) is 35.8 Å². The van der Waals surface area contributed by atoms with Crippen molar-refractivity contribution in [1.29, 1.82) is 0 Å². The molecule has 0 unspecified atom stereocenters. The Balaban J connectivity index is 1.75. The van der Waals surface area contributed by atoms with E-state index in [-0.39, 0.29) is 12.2 Å². The Morgan fingerprint density at radius 1 is 1.33 bits per heavy atom. The topological polar surface area (TPSA) is 86.7 Å².